The van der Waals surface area contributed by atoms with Gasteiger partial charge in [-0.1, -0.05) is 26.2 Å². The molecule has 2 unspecified atom stereocenters. The fourth-order valence-corrected chi connectivity index (χ4v) is 2.39. The third kappa shape index (κ3) is 4.29. The van der Waals surface area contributed by atoms with E-state index in [1.807, 2.05) is 0 Å². The van der Waals surface area contributed by atoms with Crippen molar-refractivity contribution in [3.05, 3.63) is 0 Å². The van der Waals surface area contributed by atoms with E-state index in [0.29, 0.717) is 19.4 Å². The predicted molar refractivity (Wildman–Crippen MR) is 56.2 cm³/mol. The maximum atomic E-state index is 12.4. The molecule has 0 amide bonds. The number of aliphatic hydroxyl groups excluding tert-OH is 1. The molecule has 16 heavy (non-hydrogen) atoms. The highest BCUT2D eigenvalue weighted by Gasteiger charge is 2.35. The highest BCUT2D eigenvalue weighted by atomic mass is 19.4. The molecule has 1 fully saturated rings. The van der Waals surface area contributed by atoms with E-state index in [1.165, 1.54) is 4.90 Å². The standard InChI is InChI=1S/C11H20F3NO/c1-2-15(8-11(12,13)14)9-6-4-3-5-7-10(9)16/h9-10,16H,2-8H2,1H3. The molecule has 0 saturated heterocycles. The second-order valence-electron chi connectivity index (χ2n) is 4.45. The number of alkyl halides is 3. The molecule has 0 spiro atoms. The summed E-state index contributed by atoms with van der Waals surface area (Å²) in [5.74, 6) is 0. The average Bonchev–Trinajstić information content (AvgIpc) is 2.38. The van der Waals surface area contributed by atoms with Crippen molar-refractivity contribution in [1.29, 1.82) is 0 Å². The van der Waals surface area contributed by atoms with Gasteiger partial charge in [0.25, 0.3) is 0 Å². The maximum absolute atomic E-state index is 12.4. The van der Waals surface area contributed by atoms with Crippen LogP contribution in [0.1, 0.15) is 39.0 Å². The fraction of sp³-hybridized carbons (Fsp3) is 1.00. The van der Waals surface area contributed by atoms with Gasteiger partial charge in [0, 0.05) is 6.04 Å². The zero-order chi connectivity index (χ0) is 12.2. The number of hydrogen-bond acceptors (Lipinski definition) is 2. The molecule has 0 bridgehead atoms. The second-order valence-corrected chi connectivity index (χ2v) is 4.45. The molecular formula is C11H20F3NO. The Hall–Kier alpha value is -0.290. The fourth-order valence-electron chi connectivity index (χ4n) is 2.39. The van der Waals surface area contributed by atoms with Gasteiger partial charge in [-0.3, -0.25) is 4.90 Å². The molecular weight excluding hydrogens is 219 g/mol. The van der Waals surface area contributed by atoms with Crippen molar-refractivity contribution in [1.82, 2.24) is 4.90 Å². The van der Waals surface area contributed by atoms with Crippen LogP contribution >= 0.6 is 0 Å². The quantitative estimate of drug-likeness (QED) is 0.765. The van der Waals surface area contributed by atoms with Crippen LogP contribution in [0.25, 0.3) is 0 Å². The number of hydrogen-bond donors (Lipinski definition) is 1. The Bertz CT molecular complexity index is 208. The number of halogens is 3. The van der Waals surface area contributed by atoms with E-state index in [1.54, 1.807) is 6.92 Å². The Morgan fingerprint density at radius 1 is 1.19 bits per heavy atom. The van der Waals surface area contributed by atoms with Crippen LogP contribution in [0.5, 0.6) is 0 Å². The molecule has 0 radical (unpaired) electrons. The van der Waals surface area contributed by atoms with Crippen LogP contribution in [-0.4, -0.2) is 41.4 Å². The van der Waals surface area contributed by atoms with Gasteiger partial charge in [-0.2, -0.15) is 13.2 Å². The third-order valence-electron chi connectivity index (χ3n) is 3.20. The zero-order valence-corrected chi connectivity index (χ0v) is 9.63. The van der Waals surface area contributed by atoms with E-state index < -0.39 is 18.8 Å². The zero-order valence-electron chi connectivity index (χ0n) is 9.63. The van der Waals surface area contributed by atoms with E-state index in [4.69, 9.17) is 0 Å². The van der Waals surface area contributed by atoms with Crippen LogP contribution in [0.15, 0.2) is 0 Å². The highest BCUT2D eigenvalue weighted by Crippen LogP contribution is 2.25. The first kappa shape index (κ1) is 13.8. The van der Waals surface area contributed by atoms with Crippen molar-refractivity contribution in [2.45, 2.75) is 57.3 Å². The van der Waals surface area contributed by atoms with Gasteiger partial charge in [0.15, 0.2) is 0 Å². The van der Waals surface area contributed by atoms with Gasteiger partial charge in [0.1, 0.15) is 0 Å². The van der Waals surface area contributed by atoms with Crippen molar-refractivity contribution < 1.29 is 18.3 Å². The van der Waals surface area contributed by atoms with Crippen LogP contribution in [0.4, 0.5) is 13.2 Å². The SMILES string of the molecule is CCN(CC(F)(F)F)C1CCCCCC1O. The minimum absolute atomic E-state index is 0.325. The molecule has 96 valence electrons. The van der Waals surface area contributed by atoms with Crippen molar-refractivity contribution in [3.63, 3.8) is 0 Å². The van der Waals surface area contributed by atoms with Crippen LogP contribution < -0.4 is 0 Å². The molecule has 2 nitrogen and oxygen atoms in total. The summed E-state index contributed by atoms with van der Waals surface area (Å²) in [5, 5.41) is 9.84. The first-order chi connectivity index (χ1) is 7.44. The lowest BCUT2D eigenvalue weighted by Crippen LogP contribution is -2.47. The largest absolute Gasteiger partial charge is 0.401 e. The van der Waals surface area contributed by atoms with E-state index in [2.05, 4.69) is 0 Å². The number of likely N-dealkylation sites (N-methyl/N-ethyl adjacent to an activating group) is 1. The topological polar surface area (TPSA) is 23.5 Å². The summed E-state index contributed by atoms with van der Waals surface area (Å²) in [6, 6.07) is -0.325. The van der Waals surface area contributed by atoms with Gasteiger partial charge in [-0.15, -0.1) is 0 Å². The molecule has 1 saturated carbocycles. The monoisotopic (exact) mass is 239 g/mol. The van der Waals surface area contributed by atoms with Crippen LogP contribution in [0, 0.1) is 0 Å². The molecule has 2 atom stereocenters. The first-order valence-corrected chi connectivity index (χ1v) is 5.93. The average molecular weight is 239 g/mol. The van der Waals surface area contributed by atoms with Crippen molar-refractivity contribution >= 4 is 0 Å². The van der Waals surface area contributed by atoms with Gasteiger partial charge in [-0.25, -0.2) is 0 Å². The van der Waals surface area contributed by atoms with Gasteiger partial charge in [0.05, 0.1) is 12.6 Å². The van der Waals surface area contributed by atoms with Crippen molar-refractivity contribution in [2.75, 3.05) is 13.1 Å². The Kier molecular flexibility index (Phi) is 5.05. The Balaban J connectivity index is 2.62. The Labute approximate surface area is 94.4 Å². The van der Waals surface area contributed by atoms with Crippen LogP contribution in [-0.2, 0) is 0 Å². The minimum atomic E-state index is -4.18. The molecule has 0 aliphatic heterocycles. The van der Waals surface area contributed by atoms with Gasteiger partial charge >= 0.3 is 6.18 Å². The lowest BCUT2D eigenvalue weighted by atomic mass is 10.0. The van der Waals surface area contributed by atoms with Crippen LogP contribution in [0.2, 0.25) is 0 Å². The molecule has 0 aromatic rings. The molecule has 0 aromatic heterocycles. The van der Waals surface area contributed by atoms with E-state index in [9.17, 15) is 18.3 Å². The maximum Gasteiger partial charge on any atom is 0.401 e. The molecule has 1 aliphatic carbocycles. The molecule has 1 rings (SSSR count). The number of nitrogens with zero attached hydrogens (tertiary/aromatic N) is 1. The second kappa shape index (κ2) is 5.87. The summed E-state index contributed by atoms with van der Waals surface area (Å²) in [7, 11) is 0. The predicted octanol–water partition coefficient (Wildman–Crippen LogP) is 2.56. The van der Waals surface area contributed by atoms with E-state index in [-0.39, 0.29) is 6.04 Å². The summed E-state index contributed by atoms with van der Waals surface area (Å²) in [6.07, 6.45) is -0.648. The highest BCUT2D eigenvalue weighted by molar-refractivity contribution is 4.82. The normalized spacial score (nSPS) is 28.1. The van der Waals surface area contributed by atoms with Crippen LogP contribution in [0.3, 0.4) is 0 Å². The van der Waals surface area contributed by atoms with E-state index in [0.717, 1.165) is 19.3 Å². The van der Waals surface area contributed by atoms with Crippen molar-refractivity contribution in [2.24, 2.45) is 0 Å². The summed E-state index contributed by atoms with van der Waals surface area (Å²) in [5.41, 5.74) is 0. The lowest BCUT2D eigenvalue weighted by molar-refractivity contribution is -0.155. The Morgan fingerprint density at radius 3 is 2.38 bits per heavy atom. The van der Waals surface area contributed by atoms with E-state index >= 15 is 0 Å². The summed E-state index contributed by atoms with van der Waals surface area (Å²) in [4.78, 5) is 1.36. The summed E-state index contributed by atoms with van der Waals surface area (Å²) >= 11 is 0. The van der Waals surface area contributed by atoms with Crippen molar-refractivity contribution in [3.8, 4) is 0 Å². The summed E-state index contributed by atoms with van der Waals surface area (Å²) in [6.45, 7) is 1.13. The van der Waals surface area contributed by atoms with Gasteiger partial charge in [0.2, 0.25) is 0 Å². The molecule has 5 heteroatoms. The summed E-state index contributed by atoms with van der Waals surface area (Å²) < 4.78 is 37.1. The number of aliphatic hydroxyl groups is 1. The third-order valence-corrected chi connectivity index (χ3v) is 3.20. The minimum Gasteiger partial charge on any atom is -0.391 e. The van der Waals surface area contributed by atoms with Gasteiger partial charge in [-0.05, 0) is 19.4 Å². The molecule has 1 aliphatic rings. The first-order valence-electron chi connectivity index (χ1n) is 5.93. The smallest absolute Gasteiger partial charge is 0.391 e. The molecule has 0 heterocycles. The Morgan fingerprint density at radius 2 is 1.81 bits per heavy atom. The molecule has 1 N–H and O–H groups in total. The van der Waals surface area contributed by atoms with Gasteiger partial charge < -0.3 is 5.11 Å². The lowest BCUT2D eigenvalue weighted by Gasteiger charge is -2.33. The number of rotatable bonds is 3. The molecule has 0 aromatic carbocycles.